The van der Waals surface area contributed by atoms with E-state index in [0.29, 0.717) is 6.04 Å². The lowest BCUT2D eigenvalue weighted by atomic mass is 10.1. The molecule has 3 heterocycles. The fourth-order valence-electron chi connectivity index (χ4n) is 3.53. The van der Waals surface area contributed by atoms with Crippen molar-refractivity contribution in [2.75, 3.05) is 26.2 Å². The van der Waals surface area contributed by atoms with Gasteiger partial charge in [-0.1, -0.05) is 6.42 Å². The summed E-state index contributed by atoms with van der Waals surface area (Å²) in [5, 5.41) is 7.04. The monoisotopic (exact) mass is 276 g/mol. The van der Waals surface area contributed by atoms with Crippen molar-refractivity contribution in [3.8, 4) is 0 Å². The molecule has 1 aromatic rings. The van der Waals surface area contributed by atoms with Gasteiger partial charge < -0.3 is 4.90 Å². The molecule has 1 amide bonds. The molecule has 5 heteroatoms. The second-order valence-corrected chi connectivity index (χ2v) is 6.10. The van der Waals surface area contributed by atoms with Crippen molar-refractivity contribution in [3.05, 3.63) is 17.0 Å². The molecule has 2 aliphatic heterocycles. The van der Waals surface area contributed by atoms with E-state index in [1.807, 2.05) is 18.7 Å². The van der Waals surface area contributed by atoms with E-state index in [9.17, 15) is 4.79 Å². The number of carbonyl (C=O) groups excluding carboxylic acids is 1. The van der Waals surface area contributed by atoms with Gasteiger partial charge in [0.1, 0.15) is 0 Å². The van der Waals surface area contributed by atoms with E-state index in [1.54, 1.807) is 0 Å². The number of nitrogens with zero attached hydrogens (tertiary/aromatic N) is 3. The highest BCUT2D eigenvalue weighted by molar-refractivity contribution is 5.96. The van der Waals surface area contributed by atoms with Crippen molar-refractivity contribution in [2.45, 2.75) is 45.6 Å². The maximum atomic E-state index is 12.6. The number of hydrogen-bond donors (Lipinski definition) is 1. The Morgan fingerprint density at radius 2 is 1.95 bits per heavy atom. The molecule has 2 saturated heterocycles. The third kappa shape index (κ3) is 2.46. The number of aryl methyl sites for hydroxylation is 2. The van der Waals surface area contributed by atoms with Crippen molar-refractivity contribution >= 4 is 5.91 Å². The Morgan fingerprint density at radius 3 is 2.60 bits per heavy atom. The quantitative estimate of drug-likeness (QED) is 0.895. The molecule has 2 aliphatic rings. The summed E-state index contributed by atoms with van der Waals surface area (Å²) < 4.78 is 0. The van der Waals surface area contributed by atoms with Gasteiger partial charge in [0.15, 0.2) is 0 Å². The van der Waals surface area contributed by atoms with Crippen molar-refractivity contribution in [2.24, 2.45) is 0 Å². The molecule has 0 bridgehead atoms. The van der Waals surface area contributed by atoms with E-state index in [1.165, 1.54) is 32.4 Å². The third-order valence-corrected chi connectivity index (χ3v) is 4.70. The summed E-state index contributed by atoms with van der Waals surface area (Å²) in [5.41, 5.74) is 2.46. The van der Waals surface area contributed by atoms with Gasteiger partial charge in [-0.15, -0.1) is 0 Å². The van der Waals surface area contributed by atoms with Gasteiger partial charge in [0, 0.05) is 24.8 Å². The molecule has 1 atom stereocenters. The van der Waals surface area contributed by atoms with Gasteiger partial charge >= 0.3 is 0 Å². The van der Waals surface area contributed by atoms with Crippen LogP contribution >= 0.6 is 0 Å². The minimum absolute atomic E-state index is 0.147. The molecule has 0 aromatic carbocycles. The fraction of sp³-hybridized carbons (Fsp3) is 0.733. The molecular formula is C15H24N4O. The van der Waals surface area contributed by atoms with Crippen LogP contribution in [0, 0.1) is 13.8 Å². The molecule has 0 spiro atoms. The third-order valence-electron chi connectivity index (χ3n) is 4.70. The first-order valence-electron chi connectivity index (χ1n) is 7.71. The van der Waals surface area contributed by atoms with Crippen LogP contribution in [-0.4, -0.2) is 58.1 Å². The fourth-order valence-corrected chi connectivity index (χ4v) is 3.53. The molecule has 3 rings (SSSR count). The molecular weight excluding hydrogens is 252 g/mol. The zero-order valence-electron chi connectivity index (χ0n) is 12.5. The molecule has 20 heavy (non-hydrogen) atoms. The van der Waals surface area contributed by atoms with E-state index in [0.717, 1.165) is 36.5 Å². The number of piperidine rings is 1. The van der Waals surface area contributed by atoms with Gasteiger partial charge in [-0.3, -0.25) is 14.8 Å². The van der Waals surface area contributed by atoms with Crippen molar-refractivity contribution in [1.82, 2.24) is 20.0 Å². The van der Waals surface area contributed by atoms with Crippen molar-refractivity contribution < 1.29 is 4.79 Å². The minimum atomic E-state index is 0.147. The van der Waals surface area contributed by atoms with Gasteiger partial charge in [-0.25, -0.2) is 0 Å². The van der Waals surface area contributed by atoms with Crippen LogP contribution in [0.4, 0.5) is 0 Å². The molecule has 2 fully saturated rings. The number of carbonyl (C=O) groups is 1. The highest BCUT2D eigenvalue weighted by Crippen LogP contribution is 2.22. The highest BCUT2D eigenvalue weighted by Gasteiger charge is 2.32. The molecule has 0 radical (unpaired) electrons. The topological polar surface area (TPSA) is 52.2 Å². The first-order valence-corrected chi connectivity index (χ1v) is 7.71. The number of amides is 1. The van der Waals surface area contributed by atoms with Crippen LogP contribution in [-0.2, 0) is 0 Å². The predicted octanol–water partition coefficient (Wildman–Crippen LogP) is 1.73. The Morgan fingerprint density at radius 1 is 1.20 bits per heavy atom. The molecule has 0 saturated carbocycles. The SMILES string of the molecule is Cc1n[nH]c(C)c1C(=O)N1CCC(N2CCCCC2)C1. The maximum absolute atomic E-state index is 12.6. The second-order valence-electron chi connectivity index (χ2n) is 6.10. The number of H-pyrrole nitrogens is 1. The summed E-state index contributed by atoms with van der Waals surface area (Å²) >= 11 is 0. The summed E-state index contributed by atoms with van der Waals surface area (Å²) in [7, 11) is 0. The minimum Gasteiger partial charge on any atom is -0.337 e. The average molecular weight is 276 g/mol. The maximum Gasteiger partial charge on any atom is 0.257 e. The van der Waals surface area contributed by atoms with Crippen LogP contribution in [0.25, 0.3) is 0 Å². The number of nitrogens with one attached hydrogen (secondary N) is 1. The van der Waals surface area contributed by atoms with E-state index in [-0.39, 0.29) is 5.91 Å². The van der Waals surface area contributed by atoms with Gasteiger partial charge in [-0.05, 0) is 46.2 Å². The normalized spacial score (nSPS) is 24.3. The lowest BCUT2D eigenvalue weighted by Gasteiger charge is -2.32. The van der Waals surface area contributed by atoms with Crippen LogP contribution in [0.5, 0.6) is 0 Å². The van der Waals surface area contributed by atoms with E-state index < -0.39 is 0 Å². The number of aromatic nitrogens is 2. The summed E-state index contributed by atoms with van der Waals surface area (Å²) in [5.74, 6) is 0.147. The molecule has 1 N–H and O–H groups in total. The molecule has 0 aliphatic carbocycles. The number of rotatable bonds is 2. The summed E-state index contributed by atoms with van der Waals surface area (Å²) in [4.78, 5) is 17.2. The van der Waals surface area contributed by atoms with E-state index in [2.05, 4.69) is 15.1 Å². The van der Waals surface area contributed by atoms with Crippen molar-refractivity contribution in [3.63, 3.8) is 0 Å². The second kappa shape index (κ2) is 5.56. The Labute approximate surface area is 120 Å². The predicted molar refractivity (Wildman–Crippen MR) is 77.8 cm³/mol. The van der Waals surface area contributed by atoms with Crippen LogP contribution in [0.3, 0.4) is 0 Å². The Bertz CT molecular complexity index is 471. The molecule has 110 valence electrons. The van der Waals surface area contributed by atoms with Crippen LogP contribution in [0.2, 0.25) is 0 Å². The van der Waals surface area contributed by atoms with Crippen molar-refractivity contribution in [1.29, 1.82) is 0 Å². The average Bonchev–Trinajstić information content (AvgIpc) is 3.07. The van der Waals surface area contributed by atoms with Crippen LogP contribution in [0.15, 0.2) is 0 Å². The number of likely N-dealkylation sites (tertiary alicyclic amines) is 2. The smallest absolute Gasteiger partial charge is 0.257 e. The van der Waals surface area contributed by atoms with Gasteiger partial charge in [0.05, 0.1) is 11.3 Å². The van der Waals surface area contributed by atoms with Crippen LogP contribution < -0.4 is 0 Å². The molecule has 1 aromatic heterocycles. The molecule has 1 unspecified atom stereocenters. The lowest BCUT2D eigenvalue weighted by Crippen LogP contribution is -2.41. The Hall–Kier alpha value is -1.36. The van der Waals surface area contributed by atoms with E-state index in [4.69, 9.17) is 0 Å². The highest BCUT2D eigenvalue weighted by atomic mass is 16.2. The summed E-state index contributed by atoms with van der Waals surface area (Å²) in [6.45, 7) is 7.99. The number of aromatic amines is 1. The number of hydrogen-bond acceptors (Lipinski definition) is 3. The lowest BCUT2D eigenvalue weighted by molar-refractivity contribution is 0.0770. The Balaban J connectivity index is 1.66. The first-order chi connectivity index (χ1) is 9.66. The zero-order chi connectivity index (χ0) is 14.1. The zero-order valence-corrected chi connectivity index (χ0v) is 12.5. The van der Waals surface area contributed by atoms with E-state index >= 15 is 0 Å². The van der Waals surface area contributed by atoms with Gasteiger partial charge in [0.25, 0.3) is 5.91 Å². The summed E-state index contributed by atoms with van der Waals surface area (Å²) in [6.07, 6.45) is 5.09. The van der Waals surface area contributed by atoms with Crippen LogP contribution in [0.1, 0.15) is 47.4 Å². The van der Waals surface area contributed by atoms with Gasteiger partial charge in [0.2, 0.25) is 0 Å². The standard InChI is InChI=1S/C15H24N4O/c1-11-14(12(2)17-16-11)15(20)19-9-6-13(10-19)18-7-4-3-5-8-18/h13H,3-10H2,1-2H3,(H,16,17). The summed E-state index contributed by atoms with van der Waals surface area (Å²) in [6, 6.07) is 0.562. The van der Waals surface area contributed by atoms with Gasteiger partial charge in [-0.2, -0.15) is 5.10 Å². The largest absolute Gasteiger partial charge is 0.337 e. The first kappa shape index (κ1) is 13.6. The Kier molecular flexibility index (Phi) is 3.78. The molecule has 5 nitrogen and oxygen atoms in total.